The molecule has 0 saturated heterocycles. The summed E-state index contributed by atoms with van der Waals surface area (Å²) in [4.78, 5) is 2.51. The van der Waals surface area contributed by atoms with Crippen molar-refractivity contribution in [3.63, 3.8) is 0 Å². The van der Waals surface area contributed by atoms with Gasteiger partial charge in [-0.2, -0.15) is 0 Å². The van der Waals surface area contributed by atoms with Gasteiger partial charge in [-0.25, -0.2) is 0 Å². The summed E-state index contributed by atoms with van der Waals surface area (Å²) in [7, 11) is 0. The van der Waals surface area contributed by atoms with Crippen LogP contribution >= 0.6 is 0 Å². The number of rotatable bonds is 8. The first kappa shape index (κ1) is 34.0. The molecule has 0 fully saturated rings. The van der Waals surface area contributed by atoms with Crippen LogP contribution in [0.1, 0.15) is 0 Å². The molecule has 0 radical (unpaired) electrons. The van der Waals surface area contributed by atoms with Crippen molar-refractivity contribution in [3.05, 3.63) is 237 Å². The molecule has 1 heteroatoms. The lowest BCUT2D eigenvalue weighted by molar-refractivity contribution is 1.28. The zero-order valence-corrected chi connectivity index (χ0v) is 31.5. The van der Waals surface area contributed by atoms with E-state index in [1.54, 1.807) is 0 Å². The second-order valence-corrected chi connectivity index (χ2v) is 14.4. The third-order valence-corrected chi connectivity index (χ3v) is 11.1. The van der Waals surface area contributed by atoms with Crippen LogP contribution in [0.2, 0.25) is 0 Å². The highest BCUT2D eigenvalue weighted by atomic mass is 15.1. The van der Waals surface area contributed by atoms with E-state index in [1.807, 2.05) is 0 Å². The van der Waals surface area contributed by atoms with Gasteiger partial charge in [0.2, 0.25) is 0 Å². The maximum Gasteiger partial charge on any atom is 0.0540 e. The predicted octanol–water partition coefficient (Wildman–Crippen LogP) is 15.8. The van der Waals surface area contributed by atoms with Crippen LogP contribution in [0.25, 0.3) is 77.2 Å². The Bertz CT molecular complexity index is 3000. The monoisotopic (exact) mass is 725 g/mol. The van der Waals surface area contributed by atoms with E-state index in [0.717, 1.165) is 39.3 Å². The Labute approximate surface area is 334 Å². The summed E-state index contributed by atoms with van der Waals surface area (Å²) in [5.74, 6) is 0. The van der Waals surface area contributed by atoms with E-state index in [0.29, 0.717) is 0 Å². The average Bonchev–Trinajstić information content (AvgIpc) is 3.30. The molecule has 0 atom stereocenters. The first-order chi connectivity index (χ1) is 28.3. The van der Waals surface area contributed by atoms with Gasteiger partial charge in [0.1, 0.15) is 0 Å². The molecule has 0 saturated carbocycles. The largest absolute Gasteiger partial charge is 0.309 e. The van der Waals surface area contributed by atoms with E-state index in [-0.39, 0.29) is 0 Å². The van der Waals surface area contributed by atoms with E-state index in [1.165, 1.54) is 54.9 Å². The van der Waals surface area contributed by atoms with Crippen LogP contribution in [0.15, 0.2) is 237 Å². The van der Waals surface area contributed by atoms with Crippen LogP contribution in [0.4, 0.5) is 17.1 Å². The van der Waals surface area contributed by atoms with Gasteiger partial charge in [0, 0.05) is 16.7 Å². The normalized spacial score (nSPS) is 11.2. The molecular formula is C56H39N. The van der Waals surface area contributed by atoms with Crippen molar-refractivity contribution in [2.45, 2.75) is 0 Å². The minimum absolute atomic E-state index is 1.10. The van der Waals surface area contributed by atoms with Crippen molar-refractivity contribution < 1.29 is 0 Å². The SMILES string of the molecule is c1ccc(-c2ccc(N(c3ccccc3-c3ccccc3-c3ccccc3)c3ccccc3-c3cc4ccccc4c4ccccc34)c(-c3ccccc3)c2)cc1. The van der Waals surface area contributed by atoms with Gasteiger partial charge in [-0.15, -0.1) is 0 Å². The van der Waals surface area contributed by atoms with Crippen molar-refractivity contribution in [1.82, 2.24) is 0 Å². The minimum Gasteiger partial charge on any atom is -0.309 e. The molecule has 0 aromatic heterocycles. The number of nitrogens with zero attached hydrogens (tertiary/aromatic N) is 1. The van der Waals surface area contributed by atoms with E-state index in [4.69, 9.17) is 0 Å². The van der Waals surface area contributed by atoms with Gasteiger partial charge in [-0.1, -0.05) is 206 Å². The fourth-order valence-corrected chi connectivity index (χ4v) is 8.44. The van der Waals surface area contributed by atoms with E-state index in [9.17, 15) is 0 Å². The summed E-state index contributed by atoms with van der Waals surface area (Å²) in [5.41, 5.74) is 15.1. The Kier molecular flexibility index (Phi) is 8.95. The Balaban J connectivity index is 1.29. The van der Waals surface area contributed by atoms with Crippen LogP contribution < -0.4 is 4.90 Å². The van der Waals surface area contributed by atoms with E-state index >= 15 is 0 Å². The molecule has 0 aliphatic heterocycles. The molecule has 0 bridgehead atoms. The van der Waals surface area contributed by atoms with E-state index < -0.39 is 0 Å². The maximum absolute atomic E-state index is 2.51. The quantitative estimate of drug-likeness (QED) is 0.141. The predicted molar refractivity (Wildman–Crippen MR) is 243 cm³/mol. The lowest BCUT2D eigenvalue weighted by Crippen LogP contribution is -2.14. The van der Waals surface area contributed by atoms with E-state index in [2.05, 4.69) is 241 Å². The highest BCUT2D eigenvalue weighted by molar-refractivity contribution is 6.15. The lowest BCUT2D eigenvalue weighted by atomic mass is 9.90. The summed E-state index contributed by atoms with van der Waals surface area (Å²) in [6.45, 7) is 0. The third-order valence-electron chi connectivity index (χ3n) is 11.1. The Morgan fingerprint density at radius 2 is 0.649 bits per heavy atom. The number of benzene rings is 10. The fourth-order valence-electron chi connectivity index (χ4n) is 8.44. The number of anilines is 3. The van der Waals surface area contributed by atoms with Crippen molar-refractivity contribution >= 4 is 38.6 Å². The Morgan fingerprint density at radius 1 is 0.211 bits per heavy atom. The van der Waals surface area contributed by atoms with Gasteiger partial charge >= 0.3 is 0 Å². The van der Waals surface area contributed by atoms with Gasteiger partial charge in [0.05, 0.1) is 17.1 Å². The van der Waals surface area contributed by atoms with Crippen LogP contribution in [0.3, 0.4) is 0 Å². The zero-order valence-electron chi connectivity index (χ0n) is 31.5. The summed E-state index contributed by atoms with van der Waals surface area (Å²) in [6, 6.07) is 85.8. The van der Waals surface area contributed by atoms with Crippen molar-refractivity contribution in [2.75, 3.05) is 4.90 Å². The number of hydrogen-bond donors (Lipinski definition) is 0. The van der Waals surface area contributed by atoms with Crippen molar-refractivity contribution in [3.8, 4) is 55.6 Å². The smallest absolute Gasteiger partial charge is 0.0540 e. The molecule has 10 rings (SSSR count). The van der Waals surface area contributed by atoms with Crippen molar-refractivity contribution in [2.24, 2.45) is 0 Å². The standard InChI is InChI=1S/C56H39N/c1-4-20-40(21-5-1)43-36-37-56(52(38-43)42-24-8-3-9-25-42)57(54-34-18-16-32-50(54)48-30-13-12-27-45(48)41-22-6-2-7-23-41)55-35-19-17-33-51(55)53-39-44-26-10-11-28-46(44)47-29-14-15-31-49(47)53/h1-39H. The molecule has 10 aromatic carbocycles. The summed E-state index contributed by atoms with van der Waals surface area (Å²) in [5, 5.41) is 4.97. The van der Waals surface area contributed by atoms with Crippen LogP contribution in [-0.4, -0.2) is 0 Å². The molecule has 0 unspecified atom stereocenters. The topological polar surface area (TPSA) is 3.24 Å². The Morgan fingerprint density at radius 3 is 1.30 bits per heavy atom. The van der Waals surface area contributed by atoms with Crippen molar-refractivity contribution in [1.29, 1.82) is 0 Å². The number of para-hydroxylation sites is 2. The zero-order chi connectivity index (χ0) is 38.0. The number of hydrogen-bond acceptors (Lipinski definition) is 1. The maximum atomic E-state index is 2.51. The molecule has 10 aromatic rings. The van der Waals surface area contributed by atoms with Gasteiger partial charge in [0.25, 0.3) is 0 Å². The highest BCUT2D eigenvalue weighted by Crippen LogP contribution is 2.50. The van der Waals surface area contributed by atoms with Gasteiger partial charge in [-0.05, 0) is 90.8 Å². The highest BCUT2D eigenvalue weighted by Gasteiger charge is 2.25. The second-order valence-electron chi connectivity index (χ2n) is 14.4. The molecular weight excluding hydrogens is 687 g/mol. The molecule has 268 valence electrons. The average molecular weight is 726 g/mol. The molecule has 0 aliphatic rings. The first-order valence-electron chi connectivity index (χ1n) is 19.6. The molecule has 0 spiro atoms. The van der Waals surface area contributed by atoms with Gasteiger partial charge in [0.15, 0.2) is 0 Å². The molecule has 0 aliphatic carbocycles. The Hall–Kier alpha value is -7.48. The summed E-state index contributed by atoms with van der Waals surface area (Å²) in [6.07, 6.45) is 0. The molecule has 57 heavy (non-hydrogen) atoms. The minimum atomic E-state index is 1.10. The molecule has 0 heterocycles. The van der Waals surface area contributed by atoms with Crippen LogP contribution in [0, 0.1) is 0 Å². The lowest BCUT2D eigenvalue weighted by Gasteiger charge is -2.32. The second kappa shape index (κ2) is 15.0. The summed E-state index contributed by atoms with van der Waals surface area (Å²) < 4.78 is 0. The summed E-state index contributed by atoms with van der Waals surface area (Å²) >= 11 is 0. The van der Waals surface area contributed by atoms with Crippen LogP contribution in [-0.2, 0) is 0 Å². The third kappa shape index (κ3) is 6.36. The fraction of sp³-hybridized carbons (Fsp3) is 0. The molecule has 1 nitrogen and oxygen atoms in total. The van der Waals surface area contributed by atoms with Gasteiger partial charge in [-0.3, -0.25) is 0 Å². The molecule has 0 amide bonds. The molecule has 0 N–H and O–H groups in total. The van der Waals surface area contributed by atoms with Crippen LogP contribution in [0.5, 0.6) is 0 Å². The van der Waals surface area contributed by atoms with Gasteiger partial charge < -0.3 is 4.90 Å². The first-order valence-corrected chi connectivity index (χ1v) is 19.6. The number of fused-ring (bicyclic) bond motifs is 3.